The number of ether oxygens (including phenoxy) is 1. The van der Waals surface area contributed by atoms with Crippen molar-refractivity contribution in [2.75, 3.05) is 13.7 Å². The third-order valence-electron chi connectivity index (χ3n) is 5.24. The van der Waals surface area contributed by atoms with E-state index in [2.05, 4.69) is 24.0 Å². The van der Waals surface area contributed by atoms with Crippen LogP contribution in [-0.2, 0) is 10.2 Å². The average Bonchev–Trinajstić information content (AvgIpc) is 2.53. The van der Waals surface area contributed by atoms with Gasteiger partial charge in [0.15, 0.2) is 0 Å². The molecule has 1 saturated carbocycles. The van der Waals surface area contributed by atoms with Gasteiger partial charge in [-0.3, -0.25) is 4.79 Å². The highest BCUT2D eigenvalue weighted by Crippen LogP contribution is 2.49. The molecule has 112 valence electrons. The van der Waals surface area contributed by atoms with Gasteiger partial charge in [0.1, 0.15) is 11.5 Å². The maximum absolute atomic E-state index is 12.2. The highest BCUT2D eigenvalue weighted by molar-refractivity contribution is 5.81. The van der Waals surface area contributed by atoms with E-state index in [-0.39, 0.29) is 11.5 Å². The molecule has 1 aliphatic carbocycles. The lowest BCUT2D eigenvalue weighted by Crippen LogP contribution is -2.56. The van der Waals surface area contributed by atoms with Gasteiger partial charge in [-0.05, 0) is 43.0 Å². The monoisotopic (exact) mass is 285 g/mol. The summed E-state index contributed by atoms with van der Waals surface area (Å²) in [6, 6.07) is 8.55. The van der Waals surface area contributed by atoms with E-state index in [4.69, 9.17) is 4.74 Å². The SMILES string of the molecule is C=CC1NCCC2(c3cccc(OC)c3)CC(=O)CCC12. The van der Waals surface area contributed by atoms with Crippen LogP contribution in [-0.4, -0.2) is 25.5 Å². The van der Waals surface area contributed by atoms with E-state index in [0.29, 0.717) is 24.5 Å². The lowest BCUT2D eigenvalue weighted by Gasteiger charge is -2.50. The van der Waals surface area contributed by atoms with Crippen molar-refractivity contribution < 1.29 is 9.53 Å². The molecule has 2 fully saturated rings. The molecule has 21 heavy (non-hydrogen) atoms. The second-order valence-corrected chi connectivity index (χ2v) is 6.21. The molecule has 3 nitrogen and oxygen atoms in total. The predicted octanol–water partition coefficient (Wildman–Crippen LogP) is 2.85. The fourth-order valence-corrected chi connectivity index (χ4v) is 4.21. The summed E-state index contributed by atoms with van der Waals surface area (Å²) in [5, 5.41) is 3.55. The number of rotatable bonds is 3. The lowest BCUT2D eigenvalue weighted by molar-refractivity contribution is -0.124. The van der Waals surface area contributed by atoms with Crippen LogP contribution in [0.2, 0.25) is 0 Å². The van der Waals surface area contributed by atoms with Gasteiger partial charge in [0.05, 0.1) is 7.11 Å². The average molecular weight is 285 g/mol. The molecule has 3 heteroatoms. The lowest BCUT2D eigenvalue weighted by atomic mass is 9.57. The van der Waals surface area contributed by atoms with Crippen LogP contribution in [0.25, 0.3) is 0 Å². The zero-order valence-corrected chi connectivity index (χ0v) is 12.6. The molecule has 0 amide bonds. The topological polar surface area (TPSA) is 38.3 Å². The van der Waals surface area contributed by atoms with Crippen molar-refractivity contribution in [3.05, 3.63) is 42.5 Å². The Kier molecular flexibility index (Phi) is 3.85. The number of Topliss-reactive ketones (excluding diaryl/α,β-unsaturated/α-hetero) is 1. The number of hydrogen-bond donors (Lipinski definition) is 1. The van der Waals surface area contributed by atoms with E-state index in [1.54, 1.807) is 7.11 Å². The molecule has 1 aromatic rings. The third kappa shape index (κ3) is 2.40. The Hall–Kier alpha value is -1.61. The molecule has 0 radical (unpaired) electrons. The summed E-state index contributed by atoms with van der Waals surface area (Å²) in [4.78, 5) is 12.2. The number of hydrogen-bond acceptors (Lipinski definition) is 3. The second kappa shape index (κ2) is 5.64. The van der Waals surface area contributed by atoms with Crippen LogP contribution >= 0.6 is 0 Å². The highest BCUT2D eigenvalue weighted by atomic mass is 16.5. The van der Waals surface area contributed by atoms with Crippen molar-refractivity contribution in [2.45, 2.75) is 37.1 Å². The number of carbonyl (C=O) groups excluding carboxylic acids is 1. The van der Waals surface area contributed by atoms with Gasteiger partial charge in [-0.15, -0.1) is 6.58 Å². The molecular weight excluding hydrogens is 262 g/mol. The fourth-order valence-electron chi connectivity index (χ4n) is 4.21. The molecule has 1 N–H and O–H groups in total. The number of methoxy groups -OCH3 is 1. The van der Waals surface area contributed by atoms with Crippen molar-refractivity contribution in [2.24, 2.45) is 5.92 Å². The Morgan fingerprint density at radius 2 is 2.33 bits per heavy atom. The Morgan fingerprint density at radius 1 is 1.48 bits per heavy atom. The first-order valence-corrected chi connectivity index (χ1v) is 7.72. The molecular formula is C18H23NO2. The van der Waals surface area contributed by atoms with E-state index in [0.717, 1.165) is 25.1 Å². The zero-order valence-electron chi connectivity index (χ0n) is 12.6. The van der Waals surface area contributed by atoms with Crippen molar-refractivity contribution in [3.8, 4) is 5.75 Å². The third-order valence-corrected chi connectivity index (χ3v) is 5.24. The molecule has 3 unspecified atom stereocenters. The number of carbonyl (C=O) groups is 1. The summed E-state index contributed by atoms with van der Waals surface area (Å²) in [6.07, 6.45) is 5.30. The van der Waals surface area contributed by atoms with Gasteiger partial charge in [0.25, 0.3) is 0 Å². The summed E-state index contributed by atoms with van der Waals surface area (Å²) < 4.78 is 5.38. The van der Waals surface area contributed by atoms with Crippen LogP contribution < -0.4 is 10.1 Å². The fraction of sp³-hybridized carbons (Fsp3) is 0.500. The second-order valence-electron chi connectivity index (χ2n) is 6.21. The van der Waals surface area contributed by atoms with Gasteiger partial charge in [0, 0.05) is 24.3 Å². The normalized spacial score (nSPS) is 32.3. The molecule has 0 aromatic heterocycles. The van der Waals surface area contributed by atoms with Gasteiger partial charge in [-0.1, -0.05) is 18.2 Å². The van der Waals surface area contributed by atoms with Gasteiger partial charge in [-0.25, -0.2) is 0 Å². The molecule has 1 aliphatic heterocycles. The maximum atomic E-state index is 12.2. The molecule has 0 spiro atoms. The number of ketones is 1. The predicted molar refractivity (Wildman–Crippen MR) is 83.6 cm³/mol. The molecule has 1 aromatic carbocycles. The first-order valence-electron chi connectivity index (χ1n) is 7.72. The van der Waals surface area contributed by atoms with E-state index in [1.807, 2.05) is 18.2 Å². The first kappa shape index (κ1) is 14.3. The largest absolute Gasteiger partial charge is 0.497 e. The number of piperidine rings is 1. The number of benzene rings is 1. The Bertz CT molecular complexity index is 554. The summed E-state index contributed by atoms with van der Waals surface area (Å²) in [6.45, 7) is 4.91. The van der Waals surface area contributed by atoms with Crippen molar-refractivity contribution in [3.63, 3.8) is 0 Å². The summed E-state index contributed by atoms with van der Waals surface area (Å²) in [5.41, 5.74) is 1.18. The molecule has 0 bridgehead atoms. The smallest absolute Gasteiger partial charge is 0.133 e. The van der Waals surface area contributed by atoms with Crippen LogP contribution in [0.1, 0.15) is 31.2 Å². The van der Waals surface area contributed by atoms with Crippen LogP contribution in [0.5, 0.6) is 5.75 Å². The minimum Gasteiger partial charge on any atom is -0.497 e. The van der Waals surface area contributed by atoms with Gasteiger partial charge >= 0.3 is 0 Å². The maximum Gasteiger partial charge on any atom is 0.133 e. The first-order chi connectivity index (χ1) is 10.2. The Balaban J connectivity index is 2.06. The molecule has 3 atom stereocenters. The molecule has 1 saturated heterocycles. The minimum absolute atomic E-state index is 0.0615. The van der Waals surface area contributed by atoms with Crippen molar-refractivity contribution in [1.82, 2.24) is 5.32 Å². The number of nitrogens with one attached hydrogen (secondary N) is 1. The van der Waals surface area contributed by atoms with Crippen molar-refractivity contribution >= 4 is 5.78 Å². The van der Waals surface area contributed by atoms with Crippen LogP contribution in [0.4, 0.5) is 0 Å². The highest BCUT2D eigenvalue weighted by Gasteiger charge is 2.49. The Morgan fingerprint density at radius 3 is 3.10 bits per heavy atom. The van der Waals surface area contributed by atoms with E-state index < -0.39 is 0 Å². The molecule has 3 rings (SSSR count). The van der Waals surface area contributed by atoms with Gasteiger partial charge in [-0.2, -0.15) is 0 Å². The van der Waals surface area contributed by atoms with E-state index in [9.17, 15) is 4.79 Å². The van der Waals surface area contributed by atoms with Gasteiger partial charge in [0.2, 0.25) is 0 Å². The van der Waals surface area contributed by atoms with Crippen LogP contribution in [0.3, 0.4) is 0 Å². The molecule has 2 aliphatic rings. The summed E-state index contributed by atoms with van der Waals surface area (Å²) in [7, 11) is 1.69. The van der Waals surface area contributed by atoms with Crippen molar-refractivity contribution in [1.29, 1.82) is 0 Å². The van der Waals surface area contributed by atoms with Crippen LogP contribution in [0, 0.1) is 5.92 Å². The Labute approximate surface area is 126 Å². The quantitative estimate of drug-likeness (QED) is 0.868. The zero-order chi connectivity index (χ0) is 14.9. The van der Waals surface area contributed by atoms with E-state index >= 15 is 0 Å². The van der Waals surface area contributed by atoms with Crippen LogP contribution in [0.15, 0.2) is 36.9 Å². The van der Waals surface area contributed by atoms with E-state index in [1.165, 1.54) is 5.56 Å². The molecule has 1 heterocycles. The summed E-state index contributed by atoms with van der Waals surface area (Å²) >= 11 is 0. The minimum atomic E-state index is -0.0615. The summed E-state index contributed by atoms with van der Waals surface area (Å²) in [5.74, 6) is 1.69. The standard InChI is InChI=1S/C18H23NO2/c1-3-17-16-8-7-14(20)12-18(16,9-10-19-17)13-5-4-6-15(11-13)21-2/h3-6,11,16-17,19H,1,7-10,12H2,2H3. The number of fused-ring (bicyclic) bond motifs is 1. The van der Waals surface area contributed by atoms with Gasteiger partial charge < -0.3 is 10.1 Å².